The van der Waals surface area contributed by atoms with Gasteiger partial charge in [-0.15, -0.1) is 0 Å². The number of fused-ring (bicyclic) bond motifs is 2. The highest BCUT2D eigenvalue weighted by molar-refractivity contribution is 6.31. The number of amides is 1. The van der Waals surface area contributed by atoms with E-state index >= 15 is 0 Å². The van der Waals surface area contributed by atoms with Gasteiger partial charge in [-0.05, 0) is 90.5 Å². The zero-order valence-corrected chi connectivity index (χ0v) is 21.9. The third kappa shape index (κ3) is 4.24. The summed E-state index contributed by atoms with van der Waals surface area (Å²) in [4.78, 5) is 13.5. The summed E-state index contributed by atoms with van der Waals surface area (Å²) in [5, 5.41) is 8.90. The molecule has 5 nitrogen and oxygen atoms in total. The van der Waals surface area contributed by atoms with Crippen molar-refractivity contribution >= 4 is 17.5 Å². The maximum atomic E-state index is 13.5. The number of rotatable bonds is 6. The van der Waals surface area contributed by atoms with Gasteiger partial charge in [0.15, 0.2) is 5.69 Å². The van der Waals surface area contributed by atoms with Gasteiger partial charge in [-0.1, -0.05) is 44.5 Å². The molecule has 2 aliphatic carbocycles. The molecule has 0 saturated heterocycles. The van der Waals surface area contributed by atoms with Crippen molar-refractivity contribution in [3.63, 3.8) is 0 Å². The minimum atomic E-state index is -0.104. The van der Waals surface area contributed by atoms with E-state index in [4.69, 9.17) is 21.4 Å². The Balaban J connectivity index is 1.48. The number of nitrogens with one attached hydrogen (secondary N) is 1. The number of hydrogen-bond donors (Lipinski definition) is 1. The molecule has 35 heavy (non-hydrogen) atoms. The second-order valence-corrected chi connectivity index (χ2v) is 11.6. The number of aryl methyl sites for hydroxylation is 1. The maximum absolute atomic E-state index is 13.5. The number of methoxy groups -OCH3 is 1. The van der Waals surface area contributed by atoms with Crippen molar-refractivity contribution in [2.75, 3.05) is 7.11 Å². The first-order valence-electron chi connectivity index (χ1n) is 12.4. The summed E-state index contributed by atoms with van der Waals surface area (Å²) in [6.07, 6.45) is 3.61. The Kier molecular flexibility index (Phi) is 5.95. The zero-order valence-electron chi connectivity index (χ0n) is 21.2. The Hall–Kier alpha value is -2.79. The summed E-state index contributed by atoms with van der Waals surface area (Å²) in [5.74, 6) is 1.35. The summed E-state index contributed by atoms with van der Waals surface area (Å²) >= 11 is 6.38. The normalized spacial score (nSPS) is 24.5. The number of hydrogen-bond acceptors (Lipinski definition) is 3. The zero-order chi connectivity index (χ0) is 25.0. The molecule has 2 aromatic carbocycles. The van der Waals surface area contributed by atoms with E-state index in [2.05, 4.69) is 32.2 Å². The summed E-state index contributed by atoms with van der Waals surface area (Å²) in [7, 11) is 1.65. The molecular weight excluding hydrogens is 458 g/mol. The first-order valence-corrected chi connectivity index (χ1v) is 12.8. The van der Waals surface area contributed by atoms with E-state index < -0.39 is 0 Å². The van der Waals surface area contributed by atoms with Crippen LogP contribution in [0, 0.1) is 23.7 Å². The molecule has 6 heteroatoms. The third-order valence-corrected chi connectivity index (χ3v) is 8.92. The van der Waals surface area contributed by atoms with Crippen LogP contribution in [0.1, 0.15) is 61.6 Å². The lowest BCUT2D eigenvalue weighted by Gasteiger charge is -2.42. The number of aromatic nitrogens is 2. The van der Waals surface area contributed by atoms with Crippen LogP contribution >= 0.6 is 11.6 Å². The van der Waals surface area contributed by atoms with Crippen LogP contribution in [0.2, 0.25) is 5.02 Å². The van der Waals surface area contributed by atoms with E-state index in [1.165, 1.54) is 19.3 Å². The van der Waals surface area contributed by atoms with E-state index in [9.17, 15) is 4.79 Å². The van der Waals surface area contributed by atoms with Gasteiger partial charge in [0.25, 0.3) is 5.91 Å². The molecule has 2 bridgehead atoms. The Morgan fingerprint density at radius 1 is 1.17 bits per heavy atom. The number of ether oxygens (including phenoxy) is 1. The van der Waals surface area contributed by atoms with Crippen molar-refractivity contribution in [3.8, 4) is 17.0 Å². The molecule has 2 saturated carbocycles. The quantitative estimate of drug-likeness (QED) is 0.427. The molecule has 0 spiro atoms. The Labute approximate surface area is 212 Å². The summed E-state index contributed by atoms with van der Waals surface area (Å²) in [6, 6.07) is 15.9. The Bertz CT molecular complexity index is 1260. The van der Waals surface area contributed by atoms with Crippen LogP contribution in [0.3, 0.4) is 0 Å². The minimum absolute atomic E-state index is 0.0860. The van der Waals surface area contributed by atoms with E-state index in [1.807, 2.05) is 54.1 Å². The van der Waals surface area contributed by atoms with Crippen LogP contribution in [0.15, 0.2) is 48.5 Å². The van der Waals surface area contributed by atoms with Gasteiger partial charge in [0.2, 0.25) is 0 Å². The van der Waals surface area contributed by atoms with E-state index in [0.717, 1.165) is 33.2 Å². The van der Waals surface area contributed by atoms with Crippen molar-refractivity contribution in [1.82, 2.24) is 15.1 Å². The van der Waals surface area contributed by atoms with Gasteiger partial charge in [-0.25, -0.2) is 0 Å². The molecule has 1 aromatic heterocycles. The fourth-order valence-electron chi connectivity index (χ4n) is 6.42. The van der Waals surface area contributed by atoms with Crippen LogP contribution in [0.25, 0.3) is 11.3 Å². The predicted molar refractivity (Wildman–Crippen MR) is 140 cm³/mol. The van der Waals surface area contributed by atoms with Crippen LogP contribution in [-0.2, 0) is 6.54 Å². The highest BCUT2D eigenvalue weighted by atomic mass is 35.5. The lowest BCUT2D eigenvalue weighted by Crippen LogP contribution is -2.52. The molecule has 1 heterocycles. The molecule has 3 aromatic rings. The molecule has 1 amide bonds. The van der Waals surface area contributed by atoms with Crippen molar-refractivity contribution < 1.29 is 9.53 Å². The minimum Gasteiger partial charge on any atom is -0.497 e. The van der Waals surface area contributed by atoms with Gasteiger partial charge >= 0.3 is 0 Å². The van der Waals surface area contributed by atoms with E-state index in [1.54, 1.807) is 7.11 Å². The molecule has 5 rings (SSSR count). The number of nitrogens with zero attached hydrogens (tertiary/aromatic N) is 2. The van der Waals surface area contributed by atoms with Gasteiger partial charge in [-0.3, -0.25) is 9.48 Å². The van der Waals surface area contributed by atoms with Crippen LogP contribution in [0.5, 0.6) is 5.75 Å². The van der Waals surface area contributed by atoms with Gasteiger partial charge in [0.05, 0.1) is 19.3 Å². The van der Waals surface area contributed by atoms with Crippen molar-refractivity contribution in [3.05, 3.63) is 70.4 Å². The average molecular weight is 492 g/mol. The standard InChI is InChI=1S/C29H34ClN3O2/c1-18-6-7-19(14-23(18)30)17-33-25(20-8-10-22(35-5)11-9-20)15-24(32-33)26(34)31-27-28(2,3)21-12-13-29(27,4)16-21/h6-11,14-15,21,27H,12-13,16-17H2,1-5H3,(H,31,34)/t21?,27?,29-/m0/s1. The SMILES string of the molecule is COc1ccc(-c2cc(C(=O)NC3C(C)(C)C4CC[C@@]3(C)C4)nn2Cc2ccc(C)c(Cl)c2)cc1. The van der Waals surface area contributed by atoms with Crippen molar-refractivity contribution in [2.45, 2.75) is 59.5 Å². The summed E-state index contributed by atoms with van der Waals surface area (Å²) < 4.78 is 7.22. The monoisotopic (exact) mass is 491 g/mol. The van der Waals surface area contributed by atoms with Crippen molar-refractivity contribution in [2.24, 2.45) is 16.7 Å². The second-order valence-electron chi connectivity index (χ2n) is 11.2. The highest BCUT2D eigenvalue weighted by Crippen LogP contribution is 2.62. The first kappa shape index (κ1) is 23.9. The topological polar surface area (TPSA) is 56.1 Å². The average Bonchev–Trinajstić information content (AvgIpc) is 3.48. The van der Waals surface area contributed by atoms with Crippen LogP contribution < -0.4 is 10.1 Å². The number of halogens is 1. The fraction of sp³-hybridized carbons (Fsp3) is 0.448. The predicted octanol–water partition coefficient (Wildman–Crippen LogP) is 6.51. The lowest BCUT2D eigenvalue weighted by atomic mass is 9.68. The molecule has 3 atom stereocenters. The van der Waals surface area contributed by atoms with Gasteiger partial charge in [0.1, 0.15) is 5.75 Å². The lowest BCUT2D eigenvalue weighted by molar-refractivity contribution is 0.0732. The molecule has 1 N–H and O–H groups in total. The van der Waals surface area contributed by atoms with E-state index in [-0.39, 0.29) is 22.8 Å². The number of benzene rings is 2. The molecule has 184 valence electrons. The molecular formula is C29H34ClN3O2. The summed E-state index contributed by atoms with van der Waals surface area (Å²) in [6.45, 7) is 9.44. The van der Waals surface area contributed by atoms with Crippen LogP contribution in [-0.4, -0.2) is 28.8 Å². The van der Waals surface area contributed by atoms with Crippen LogP contribution in [0.4, 0.5) is 0 Å². The highest BCUT2D eigenvalue weighted by Gasteiger charge is 2.59. The molecule has 0 aliphatic heterocycles. The van der Waals surface area contributed by atoms with E-state index in [0.29, 0.717) is 18.2 Å². The van der Waals surface area contributed by atoms with Gasteiger partial charge in [0, 0.05) is 16.6 Å². The third-order valence-electron chi connectivity index (χ3n) is 8.51. The smallest absolute Gasteiger partial charge is 0.272 e. The summed E-state index contributed by atoms with van der Waals surface area (Å²) in [5.41, 5.74) is 4.61. The first-order chi connectivity index (χ1) is 16.6. The molecule has 2 unspecified atom stereocenters. The van der Waals surface area contributed by atoms with Gasteiger partial charge < -0.3 is 10.1 Å². The number of carbonyl (C=O) groups is 1. The second kappa shape index (κ2) is 8.70. The fourth-order valence-corrected chi connectivity index (χ4v) is 6.62. The number of carbonyl (C=O) groups excluding carboxylic acids is 1. The maximum Gasteiger partial charge on any atom is 0.272 e. The Morgan fingerprint density at radius 3 is 2.54 bits per heavy atom. The van der Waals surface area contributed by atoms with Gasteiger partial charge in [-0.2, -0.15) is 5.10 Å². The Morgan fingerprint density at radius 2 is 1.91 bits per heavy atom. The van der Waals surface area contributed by atoms with Crippen molar-refractivity contribution in [1.29, 1.82) is 0 Å². The largest absolute Gasteiger partial charge is 0.497 e. The molecule has 0 radical (unpaired) electrons. The molecule has 2 aliphatic rings. The molecule has 2 fully saturated rings.